The van der Waals surface area contributed by atoms with Crippen molar-refractivity contribution < 1.29 is 26.3 Å². The summed E-state index contributed by atoms with van der Waals surface area (Å²) >= 11 is 15.9. The first-order valence-corrected chi connectivity index (χ1v) is 7.86. The number of anilines is 2. The fraction of sp³-hybridized carbons (Fsp3) is 0.133. The highest BCUT2D eigenvalue weighted by atomic mass is 35.5. The minimum atomic E-state index is -4.67. The Morgan fingerprint density at radius 3 is 1.38 bits per heavy atom. The topological polar surface area (TPSA) is 24.1 Å². The maximum absolute atomic E-state index is 12.8. The van der Waals surface area contributed by atoms with Crippen molar-refractivity contribution in [1.82, 2.24) is 0 Å². The molecule has 0 spiro atoms. The van der Waals surface area contributed by atoms with Crippen LogP contribution in [-0.4, -0.2) is 5.11 Å². The maximum atomic E-state index is 12.8. The van der Waals surface area contributed by atoms with Crippen molar-refractivity contribution in [3.8, 4) is 0 Å². The Hall–Kier alpha value is -1.71. The maximum Gasteiger partial charge on any atom is 0.417 e. The standard InChI is InChI=1S/C15H8Cl2F6N2S/c16-11-3-1-7(5-9(11)14(18,19)20)24-13(26)25-8-2-4-12(17)10(6-8)15(21,22)23/h1-6H,(H2,24,25,26). The molecule has 2 aromatic rings. The first-order chi connectivity index (χ1) is 11.9. The number of benzene rings is 2. The predicted molar refractivity (Wildman–Crippen MR) is 92.8 cm³/mol. The van der Waals surface area contributed by atoms with Crippen LogP contribution in [0.5, 0.6) is 0 Å². The van der Waals surface area contributed by atoms with Gasteiger partial charge in [0.1, 0.15) is 0 Å². The van der Waals surface area contributed by atoms with Crippen molar-refractivity contribution >= 4 is 51.9 Å². The van der Waals surface area contributed by atoms with E-state index in [-0.39, 0.29) is 16.5 Å². The van der Waals surface area contributed by atoms with Crippen molar-refractivity contribution in [1.29, 1.82) is 0 Å². The minimum Gasteiger partial charge on any atom is -0.332 e. The summed E-state index contributed by atoms with van der Waals surface area (Å²) in [4.78, 5) is 0. The third kappa shape index (κ3) is 5.15. The molecule has 0 amide bonds. The van der Waals surface area contributed by atoms with E-state index >= 15 is 0 Å². The molecule has 0 atom stereocenters. The molecule has 26 heavy (non-hydrogen) atoms. The van der Waals surface area contributed by atoms with Gasteiger partial charge in [-0.15, -0.1) is 0 Å². The summed E-state index contributed by atoms with van der Waals surface area (Å²) in [5.41, 5.74) is -2.22. The third-order valence-corrected chi connectivity index (χ3v) is 3.92. The normalized spacial score (nSPS) is 12.0. The Morgan fingerprint density at radius 1 is 0.731 bits per heavy atom. The second kappa shape index (κ2) is 7.50. The van der Waals surface area contributed by atoms with Crippen LogP contribution < -0.4 is 10.6 Å². The molecule has 11 heteroatoms. The van der Waals surface area contributed by atoms with Crippen molar-refractivity contribution in [2.75, 3.05) is 10.6 Å². The molecule has 0 aliphatic rings. The van der Waals surface area contributed by atoms with Gasteiger partial charge in [-0.05, 0) is 48.6 Å². The molecule has 140 valence electrons. The lowest BCUT2D eigenvalue weighted by Crippen LogP contribution is -2.20. The average molecular weight is 433 g/mol. The molecule has 0 saturated carbocycles. The van der Waals surface area contributed by atoms with Crippen LogP contribution in [0, 0.1) is 0 Å². The van der Waals surface area contributed by atoms with Crippen LogP contribution in [-0.2, 0) is 12.4 Å². The zero-order valence-corrected chi connectivity index (χ0v) is 14.7. The van der Waals surface area contributed by atoms with Crippen LogP contribution >= 0.6 is 35.4 Å². The Labute approximate surface area is 159 Å². The molecule has 0 saturated heterocycles. The number of alkyl halides is 6. The van der Waals surface area contributed by atoms with Crippen LogP contribution in [0.2, 0.25) is 10.0 Å². The van der Waals surface area contributed by atoms with Gasteiger partial charge in [-0.1, -0.05) is 23.2 Å². The Balaban J connectivity index is 2.18. The van der Waals surface area contributed by atoms with Crippen LogP contribution in [0.1, 0.15) is 11.1 Å². The molecule has 0 heterocycles. The Morgan fingerprint density at radius 2 is 1.08 bits per heavy atom. The number of thiocarbonyl (C=S) groups is 1. The molecular formula is C15H8Cl2F6N2S. The second-order valence-electron chi connectivity index (χ2n) is 4.96. The highest BCUT2D eigenvalue weighted by molar-refractivity contribution is 7.80. The van der Waals surface area contributed by atoms with E-state index in [1.807, 2.05) is 0 Å². The van der Waals surface area contributed by atoms with Crippen molar-refractivity contribution in [2.45, 2.75) is 12.4 Å². The van der Waals surface area contributed by atoms with Gasteiger partial charge in [-0.2, -0.15) is 26.3 Å². The Bertz CT molecular complexity index is 768. The van der Waals surface area contributed by atoms with Crippen molar-refractivity contribution in [3.05, 3.63) is 57.6 Å². The zero-order valence-electron chi connectivity index (χ0n) is 12.4. The molecule has 2 aromatic carbocycles. The Kier molecular flexibility index (Phi) is 5.94. The van der Waals surface area contributed by atoms with Gasteiger partial charge in [0, 0.05) is 11.4 Å². The summed E-state index contributed by atoms with van der Waals surface area (Å²) < 4.78 is 77.0. The van der Waals surface area contributed by atoms with E-state index < -0.39 is 33.5 Å². The molecule has 0 aliphatic carbocycles. The van der Waals surface area contributed by atoms with Gasteiger partial charge < -0.3 is 10.6 Å². The molecule has 2 rings (SSSR count). The monoisotopic (exact) mass is 432 g/mol. The van der Waals surface area contributed by atoms with E-state index in [1.54, 1.807) is 0 Å². The summed E-state index contributed by atoms with van der Waals surface area (Å²) in [6.45, 7) is 0. The van der Waals surface area contributed by atoms with Gasteiger partial charge in [0.05, 0.1) is 21.2 Å². The largest absolute Gasteiger partial charge is 0.417 e. The third-order valence-electron chi connectivity index (χ3n) is 3.06. The van der Waals surface area contributed by atoms with E-state index in [9.17, 15) is 26.3 Å². The van der Waals surface area contributed by atoms with Gasteiger partial charge >= 0.3 is 12.4 Å². The number of hydrogen-bond acceptors (Lipinski definition) is 1. The molecule has 0 aromatic heterocycles. The molecule has 0 radical (unpaired) electrons. The number of nitrogens with one attached hydrogen (secondary N) is 2. The summed E-state index contributed by atoms with van der Waals surface area (Å²) in [5, 5.41) is 3.71. The van der Waals surface area contributed by atoms with Crippen LogP contribution in [0.15, 0.2) is 36.4 Å². The van der Waals surface area contributed by atoms with E-state index in [4.69, 9.17) is 35.4 Å². The molecular weight excluding hydrogens is 425 g/mol. The zero-order chi connectivity index (χ0) is 19.7. The quantitative estimate of drug-likeness (QED) is 0.401. The minimum absolute atomic E-state index is 0.0377. The number of halogens is 8. The fourth-order valence-electron chi connectivity index (χ4n) is 1.93. The molecule has 0 bridgehead atoms. The fourth-order valence-corrected chi connectivity index (χ4v) is 2.62. The highest BCUT2D eigenvalue weighted by Gasteiger charge is 2.34. The molecule has 2 N–H and O–H groups in total. The first-order valence-electron chi connectivity index (χ1n) is 6.69. The van der Waals surface area contributed by atoms with E-state index in [2.05, 4.69) is 10.6 Å². The number of rotatable bonds is 2. The lowest BCUT2D eigenvalue weighted by Gasteiger charge is -2.15. The summed E-state index contributed by atoms with van der Waals surface area (Å²) in [5.74, 6) is 0. The van der Waals surface area contributed by atoms with Gasteiger partial charge in [-0.3, -0.25) is 0 Å². The second-order valence-corrected chi connectivity index (χ2v) is 6.19. The van der Waals surface area contributed by atoms with Crippen LogP contribution in [0.25, 0.3) is 0 Å². The SMILES string of the molecule is FC(F)(F)c1cc(NC(=S)Nc2ccc(Cl)c(C(F)(F)F)c2)ccc1Cl. The molecule has 0 aliphatic heterocycles. The summed E-state index contributed by atoms with van der Waals surface area (Å²) in [6, 6.07) is 6.01. The highest BCUT2D eigenvalue weighted by Crippen LogP contribution is 2.37. The smallest absolute Gasteiger partial charge is 0.332 e. The first kappa shape index (κ1) is 20.6. The van der Waals surface area contributed by atoms with Crippen molar-refractivity contribution in [2.24, 2.45) is 0 Å². The number of hydrogen-bond donors (Lipinski definition) is 2. The van der Waals surface area contributed by atoms with Crippen LogP contribution in [0.3, 0.4) is 0 Å². The van der Waals surface area contributed by atoms with Gasteiger partial charge in [0.2, 0.25) is 0 Å². The van der Waals surface area contributed by atoms with Gasteiger partial charge in [0.15, 0.2) is 5.11 Å². The van der Waals surface area contributed by atoms with E-state index in [0.29, 0.717) is 0 Å². The molecule has 2 nitrogen and oxygen atoms in total. The molecule has 0 unspecified atom stereocenters. The lowest BCUT2D eigenvalue weighted by molar-refractivity contribution is -0.138. The van der Waals surface area contributed by atoms with Crippen LogP contribution in [0.4, 0.5) is 37.7 Å². The predicted octanol–water partition coefficient (Wildman–Crippen LogP) is 6.84. The summed E-state index contributed by atoms with van der Waals surface area (Å²) in [6.07, 6.45) is -9.33. The van der Waals surface area contributed by atoms with Gasteiger partial charge in [0.25, 0.3) is 0 Å². The van der Waals surface area contributed by atoms with E-state index in [0.717, 1.165) is 24.3 Å². The van der Waals surface area contributed by atoms with Crippen molar-refractivity contribution in [3.63, 3.8) is 0 Å². The summed E-state index contributed by atoms with van der Waals surface area (Å²) in [7, 11) is 0. The van der Waals surface area contributed by atoms with Gasteiger partial charge in [-0.25, -0.2) is 0 Å². The van der Waals surface area contributed by atoms with E-state index in [1.165, 1.54) is 12.1 Å². The lowest BCUT2D eigenvalue weighted by atomic mass is 10.2. The molecule has 0 fully saturated rings. The average Bonchev–Trinajstić information content (AvgIpc) is 2.49.